The average molecular weight is 413 g/mol. The number of rotatable bonds is 9. The molecule has 0 bridgehead atoms. The number of ether oxygens (including phenoxy) is 3. The van der Waals surface area contributed by atoms with Crippen LogP contribution in [0.3, 0.4) is 0 Å². The van der Waals surface area contributed by atoms with Gasteiger partial charge in [0, 0.05) is 11.1 Å². The van der Waals surface area contributed by atoms with Crippen molar-refractivity contribution in [2.75, 3.05) is 20.3 Å². The van der Waals surface area contributed by atoms with Crippen LogP contribution in [0.1, 0.15) is 10.4 Å². The minimum atomic E-state index is -2.98. The Morgan fingerprint density at radius 3 is 2.40 bits per heavy atom. The second-order valence-corrected chi connectivity index (χ2v) is 6.21. The van der Waals surface area contributed by atoms with Crippen LogP contribution in [0.5, 0.6) is 17.2 Å². The van der Waals surface area contributed by atoms with Gasteiger partial charge in [0.1, 0.15) is 12.4 Å². The second-order valence-electron chi connectivity index (χ2n) is 6.21. The van der Waals surface area contributed by atoms with Gasteiger partial charge in [0.25, 0.3) is 5.91 Å². The number of methoxy groups -OCH3 is 1. The van der Waals surface area contributed by atoms with Crippen molar-refractivity contribution in [3.05, 3.63) is 78.4 Å². The summed E-state index contributed by atoms with van der Waals surface area (Å²) >= 11 is 0. The van der Waals surface area contributed by atoms with E-state index in [1.807, 2.05) is 54.6 Å². The van der Waals surface area contributed by atoms with Gasteiger partial charge in [-0.1, -0.05) is 48.5 Å². The van der Waals surface area contributed by atoms with Crippen molar-refractivity contribution in [1.29, 1.82) is 0 Å². The molecular formula is C23H21F2NO4. The van der Waals surface area contributed by atoms with Crippen molar-refractivity contribution in [2.24, 2.45) is 0 Å². The Morgan fingerprint density at radius 1 is 0.933 bits per heavy atom. The first-order valence-electron chi connectivity index (χ1n) is 9.27. The molecule has 5 nitrogen and oxygen atoms in total. The maximum atomic E-state index is 12.4. The van der Waals surface area contributed by atoms with Crippen molar-refractivity contribution < 1.29 is 27.8 Å². The Morgan fingerprint density at radius 2 is 1.67 bits per heavy atom. The number of halogens is 2. The summed E-state index contributed by atoms with van der Waals surface area (Å²) in [6.07, 6.45) is 0. The Labute approximate surface area is 173 Å². The molecule has 0 aliphatic heterocycles. The van der Waals surface area contributed by atoms with E-state index in [1.165, 1.54) is 25.3 Å². The molecule has 0 aliphatic carbocycles. The molecule has 0 fully saturated rings. The van der Waals surface area contributed by atoms with Gasteiger partial charge in [0.2, 0.25) is 0 Å². The predicted octanol–water partition coefficient (Wildman–Crippen LogP) is 4.77. The topological polar surface area (TPSA) is 56.8 Å². The summed E-state index contributed by atoms with van der Waals surface area (Å²) in [5.74, 6) is 0.255. The minimum Gasteiger partial charge on any atom is -0.493 e. The largest absolute Gasteiger partial charge is 0.493 e. The standard InChI is InChI=1S/C23H21F2NO4/c1-28-21-15-17(11-12-20(21)30-23(24)25)22(27)26-13-14-29-19-10-6-5-9-18(19)16-7-3-2-4-8-16/h2-12,15,23H,13-14H2,1H3,(H,26,27). The highest BCUT2D eigenvalue weighted by atomic mass is 19.3. The smallest absolute Gasteiger partial charge is 0.387 e. The van der Waals surface area contributed by atoms with E-state index in [2.05, 4.69) is 10.1 Å². The van der Waals surface area contributed by atoms with E-state index in [-0.39, 0.29) is 36.1 Å². The predicted molar refractivity (Wildman–Crippen MR) is 109 cm³/mol. The van der Waals surface area contributed by atoms with Gasteiger partial charge in [-0.2, -0.15) is 8.78 Å². The molecule has 7 heteroatoms. The maximum absolute atomic E-state index is 12.4. The fourth-order valence-electron chi connectivity index (χ4n) is 2.88. The third-order valence-corrected chi connectivity index (χ3v) is 4.26. The molecular weight excluding hydrogens is 392 g/mol. The molecule has 0 atom stereocenters. The zero-order valence-corrected chi connectivity index (χ0v) is 16.3. The number of hydrogen-bond acceptors (Lipinski definition) is 4. The van der Waals surface area contributed by atoms with Gasteiger partial charge in [0.05, 0.1) is 13.7 Å². The molecule has 0 heterocycles. The Kier molecular flexibility index (Phi) is 7.21. The summed E-state index contributed by atoms with van der Waals surface area (Å²) in [7, 11) is 1.31. The van der Waals surface area contributed by atoms with Crippen LogP contribution in [0.25, 0.3) is 11.1 Å². The van der Waals surface area contributed by atoms with Crippen molar-refractivity contribution >= 4 is 5.91 Å². The first-order valence-corrected chi connectivity index (χ1v) is 9.27. The number of para-hydroxylation sites is 1. The molecule has 3 aromatic rings. The monoisotopic (exact) mass is 413 g/mol. The number of amides is 1. The van der Waals surface area contributed by atoms with Gasteiger partial charge >= 0.3 is 6.61 Å². The molecule has 30 heavy (non-hydrogen) atoms. The zero-order chi connectivity index (χ0) is 21.3. The van der Waals surface area contributed by atoms with E-state index >= 15 is 0 Å². The van der Waals surface area contributed by atoms with Gasteiger partial charge < -0.3 is 19.5 Å². The summed E-state index contributed by atoms with van der Waals surface area (Å²) in [6.45, 7) is -2.45. The molecule has 0 saturated heterocycles. The van der Waals surface area contributed by atoms with E-state index in [4.69, 9.17) is 9.47 Å². The average Bonchev–Trinajstić information content (AvgIpc) is 2.77. The van der Waals surface area contributed by atoms with E-state index in [0.29, 0.717) is 5.75 Å². The number of alkyl halides is 2. The van der Waals surface area contributed by atoms with Crippen LogP contribution in [0.15, 0.2) is 72.8 Å². The molecule has 156 valence electrons. The van der Waals surface area contributed by atoms with Crippen molar-refractivity contribution in [3.8, 4) is 28.4 Å². The summed E-state index contributed by atoms with van der Waals surface area (Å²) in [5, 5.41) is 2.73. The number of benzene rings is 3. The highest BCUT2D eigenvalue weighted by Gasteiger charge is 2.14. The molecule has 0 aliphatic rings. The van der Waals surface area contributed by atoms with Gasteiger partial charge in [0.15, 0.2) is 11.5 Å². The van der Waals surface area contributed by atoms with Crippen molar-refractivity contribution in [2.45, 2.75) is 6.61 Å². The molecule has 0 spiro atoms. The zero-order valence-electron chi connectivity index (χ0n) is 16.3. The number of nitrogens with one attached hydrogen (secondary N) is 1. The van der Waals surface area contributed by atoms with E-state index < -0.39 is 6.61 Å². The lowest BCUT2D eigenvalue weighted by molar-refractivity contribution is -0.0512. The van der Waals surface area contributed by atoms with Crippen LogP contribution in [0.2, 0.25) is 0 Å². The van der Waals surface area contributed by atoms with Crippen LogP contribution >= 0.6 is 0 Å². The second kappa shape index (κ2) is 10.2. The quantitative estimate of drug-likeness (QED) is 0.514. The molecule has 0 unspecified atom stereocenters. The van der Waals surface area contributed by atoms with E-state index in [9.17, 15) is 13.6 Å². The van der Waals surface area contributed by atoms with Gasteiger partial charge in [-0.05, 0) is 29.8 Å². The van der Waals surface area contributed by atoms with E-state index in [1.54, 1.807) is 0 Å². The summed E-state index contributed by atoms with van der Waals surface area (Å²) in [4.78, 5) is 12.3. The third-order valence-electron chi connectivity index (χ3n) is 4.26. The number of carbonyl (C=O) groups excluding carboxylic acids is 1. The van der Waals surface area contributed by atoms with Crippen molar-refractivity contribution in [1.82, 2.24) is 5.32 Å². The van der Waals surface area contributed by atoms with Crippen LogP contribution in [-0.4, -0.2) is 32.8 Å². The molecule has 0 aromatic heterocycles. The maximum Gasteiger partial charge on any atom is 0.387 e. The summed E-state index contributed by atoms with van der Waals surface area (Å²) < 4.78 is 40.0. The van der Waals surface area contributed by atoms with E-state index in [0.717, 1.165) is 11.1 Å². The highest BCUT2D eigenvalue weighted by molar-refractivity contribution is 5.94. The van der Waals surface area contributed by atoms with Crippen LogP contribution in [0, 0.1) is 0 Å². The first kappa shape index (κ1) is 21.1. The summed E-state index contributed by atoms with van der Waals surface area (Å²) in [5.41, 5.74) is 2.26. The lowest BCUT2D eigenvalue weighted by Crippen LogP contribution is -2.28. The number of hydrogen-bond donors (Lipinski definition) is 1. The van der Waals surface area contributed by atoms with Crippen LogP contribution in [-0.2, 0) is 0 Å². The minimum absolute atomic E-state index is 0.0518. The fourth-order valence-corrected chi connectivity index (χ4v) is 2.88. The van der Waals surface area contributed by atoms with Gasteiger partial charge in [-0.3, -0.25) is 4.79 Å². The Hall–Kier alpha value is -3.61. The molecule has 1 N–H and O–H groups in total. The molecule has 3 aromatic carbocycles. The van der Waals surface area contributed by atoms with Gasteiger partial charge in [-0.25, -0.2) is 0 Å². The van der Waals surface area contributed by atoms with Crippen LogP contribution < -0.4 is 19.5 Å². The molecule has 0 radical (unpaired) electrons. The third kappa shape index (κ3) is 5.47. The Bertz CT molecular complexity index is 980. The van der Waals surface area contributed by atoms with Gasteiger partial charge in [-0.15, -0.1) is 0 Å². The molecule has 3 rings (SSSR count). The van der Waals surface area contributed by atoms with Crippen molar-refractivity contribution in [3.63, 3.8) is 0 Å². The Balaban J connectivity index is 1.57. The number of carbonyl (C=O) groups is 1. The fraction of sp³-hybridized carbons (Fsp3) is 0.174. The highest BCUT2D eigenvalue weighted by Crippen LogP contribution is 2.30. The molecule has 0 saturated carbocycles. The first-order chi connectivity index (χ1) is 14.6. The molecule has 1 amide bonds. The SMILES string of the molecule is COc1cc(C(=O)NCCOc2ccccc2-c2ccccc2)ccc1OC(F)F. The van der Waals surface area contributed by atoms with Crippen LogP contribution in [0.4, 0.5) is 8.78 Å². The lowest BCUT2D eigenvalue weighted by atomic mass is 10.1. The summed E-state index contributed by atoms with van der Waals surface area (Å²) in [6, 6.07) is 21.5. The lowest BCUT2D eigenvalue weighted by Gasteiger charge is -2.13. The normalized spacial score (nSPS) is 10.5.